The topological polar surface area (TPSA) is 111 Å². The van der Waals surface area contributed by atoms with E-state index in [4.69, 9.17) is 10.5 Å². The number of ether oxygens (including phenoxy) is 1. The quantitative estimate of drug-likeness (QED) is 0.531. The first kappa shape index (κ1) is 20.6. The van der Waals surface area contributed by atoms with Crippen LogP contribution in [0.15, 0.2) is 29.2 Å². The van der Waals surface area contributed by atoms with Crippen LogP contribution in [-0.2, 0) is 26.1 Å². The van der Waals surface area contributed by atoms with E-state index in [1.807, 2.05) is 13.8 Å². The van der Waals surface area contributed by atoms with Crippen molar-refractivity contribution in [3.05, 3.63) is 29.8 Å². The number of nitrogens with one attached hydrogen (secondary N) is 2. The molecule has 0 aliphatic carbocycles. The Morgan fingerprint density at radius 3 is 2.46 bits per heavy atom. The van der Waals surface area contributed by atoms with Crippen molar-refractivity contribution in [2.24, 2.45) is 11.7 Å². The van der Waals surface area contributed by atoms with Gasteiger partial charge in [0.25, 0.3) is 0 Å². The van der Waals surface area contributed by atoms with Crippen LogP contribution < -0.4 is 15.8 Å². The Kier molecular flexibility index (Phi) is 8.34. The fourth-order valence-corrected chi connectivity index (χ4v) is 2.98. The molecule has 1 rings (SSSR count). The molecule has 0 fully saturated rings. The number of carbonyl (C=O) groups is 1. The molecule has 1 aromatic carbocycles. The van der Waals surface area contributed by atoms with Crippen LogP contribution in [0.3, 0.4) is 0 Å². The first-order chi connectivity index (χ1) is 11.3. The average molecular weight is 357 g/mol. The van der Waals surface area contributed by atoms with Gasteiger partial charge < -0.3 is 15.8 Å². The molecule has 8 heteroatoms. The zero-order chi connectivity index (χ0) is 18.2. The number of benzene rings is 1. The van der Waals surface area contributed by atoms with Gasteiger partial charge in [-0.2, -0.15) is 0 Å². The Bertz CT molecular complexity index is 617. The van der Waals surface area contributed by atoms with Gasteiger partial charge in [-0.3, -0.25) is 4.79 Å². The van der Waals surface area contributed by atoms with Crippen molar-refractivity contribution in [1.82, 2.24) is 10.0 Å². The van der Waals surface area contributed by atoms with Gasteiger partial charge in [0.05, 0.1) is 17.5 Å². The third kappa shape index (κ3) is 6.20. The maximum atomic E-state index is 12.0. The van der Waals surface area contributed by atoms with Crippen LogP contribution in [0.1, 0.15) is 25.8 Å². The van der Waals surface area contributed by atoms with Crippen LogP contribution in [0.4, 0.5) is 0 Å². The molecule has 0 radical (unpaired) electrons. The van der Waals surface area contributed by atoms with Gasteiger partial charge in [-0.05, 0) is 23.6 Å². The molecule has 0 bridgehead atoms. The molecule has 24 heavy (non-hydrogen) atoms. The number of carbonyl (C=O) groups excluding carboxylic acids is 1. The predicted molar refractivity (Wildman–Crippen MR) is 92.8 cm³/mol. The lowest BCUT2D eigenvalue weighted by Gasteiger charge is -2.17. The van der Waals surface area contributed by atoms with Gasteiger partial charge in [-0.25, -0.2) is 13.1 Å². The molecule has 0 aliphatic rings. The zero-order valence-electron chi connectivity index (χ0n) is 14.4. The molecule has 0 saturated heterocycles. The average Bonchev–Trinajstić information content (AvgIpc) is 2.58. The summed E-state index contributed by atoms with van der Waals surface area (Å²) in [5.41, 5.74) is 6.67. The largest absolute Gasteiger partial charge is 0.383 e. The minimum absolute atomic E-state index is 0.107. The van der Waals surface area contributed by atoms with Crippen LogP contribution in [-0.4, -0.2) is 40.6 Å². The van der Waals surface area contributed by atoms with Gasteiger partial charge in [0.2, 0.25) is 15.9 Å². The fraction of sp³-hybridized carbons (Fsp3) is 0.562. The third-order valence-corrected chi connectivity index (χ3v) is 5.34. The van der Waals surface area contributed by atoms with E-state index >= 15 is 0 Å². The molecule has 4 N–H and O–H groups in total. The summed E-state index contributed by atoms with van der Waals surface area (Å²) in [5, 5.41) is 2.77. The molecule has 136 valence electrons. The van der Waals surface area contributed by atoms with E-state index in [9.17, 15) is 13.2 Å². The second-order valence-corrected chi connectivity index (χ2v) is 7.43. The molecule has 0 saturated carbocycles. The van der Waals surface area contributed by atoms with Gasteiger partial charge in [0.15, 0.2) is 0 Å². The van der Waals surface area contributed by atoms with Crippen molar-refractivity contribution in [1.29, 1.82) is 0 Å². The third-order valence-electron chi connectivity index (χ3n) is 3.86. The lowest BCUT2D eigenvalue weighted by Crippen LogP contribution is -2.44. The van der Waals surface area contributed by atoms with Crippen LogP contribution in [0.5, 0.6) is 0 Å². The molecule has 0 heterocycles. The van der Waals surface area contributed by atoms with Crippen LogP contribution in [0, 0.1) is 5.92 Å². The molecule has 0 aliphatic heterocycles. The van der Waals surface area contributed by atoms with Crippen molar-refractivity contribution in [2.75, 3.05) is 20.3 Å². The van der Waals surface area contributed by atoms with Gasteiger partial charge in [0, 0.05) is 20.2 Å². The van der Waals surface area contributed by atoms with Crippen LogP contribution >= 0.6 is 0 Å². The van der Waals surface area contributed by atoms with Crippen molar-refractivity contribution >= 4 is 15.9 Å². The summed E-state index contributed by atoms with van der Waals surface area (Å²) in [6.07, 6.45) is 0.831. The Balaban J connectivity index is 2.60. The number of hydrogen-bond acceptors (Lipinski definition) is 5. The molecule has 2 atom stereocenters. The second-order valence-electron chi connectivity index (χ2n) is 5.66. The van der Waals surface area contributed by atoms with E-state index in [1.165, 1.54) is 19.2 Å². The molecule has 1 aromatic rings. The van der Waals surface area contributed by atoms with Gasteiger partial charge >= 0.3 is 0 Å². The molecule has 0 spiro atoms. The standard InChI is InChI=1S/C16H27N3O4S/c1-4-12(2)15(17)16(20)18-11-13-5-7-14(8-6-13)24(21,22)19-9-10-23-3/h5-8,12,15,19H,4,9-11,17H2,1-3H3,(H,18,20). The lowest BCUT2D eigenvalue weighted by atomic mass is 9.99. The van der Waals surface area contributed by atoms with E-state index < -0.39 is 16.1 Å². The molecule has 2 unspecified atom stereocenters. The fourth-order valence-electron chi connectivity index (χ4n) is 1.97. The Morgan fingerprint density at radius 1 is 1.29 bits per heavy atom. The number of hydrogen-bond donors (Lipinski definition) is 3. The zero-order valence-corrected chi connectivity index (χ0v) is 15.2. The monoisotopic (exact) mass is 357 g/mol. The number of nitrogens with two attached hydrogens (primary N) is 1. The summed E-state index contributed by atoms with van der Waals surface area (Å²) in [5.74, 6) is -0.0991. The summed E-state index contributed by atoms with van der Waals surface area (Å²) in [4.78, 5) is 12.1. The number of amides is 1. The maximum absolute atomic E-state index is 12.0. The Labute approximate surface area is 144 Å². The maximum Gasteiger partial charge on any atom is 0.240 e. The molecular weight excluding hydrogens is 330 g/mol. The minimum Gasteiger partial charge on any atom is -0.383 e. The highest BCUT2D eigenvalue weighted by Crippen LogP contribution is 2.11. The summed E-state index contributed by atoms with van der Waals surface area (Å²) in [6.45, 7) is 4.74. The number of rotatable bonds is 10. The predicted octanol–water partition coefficient (Wildman–Crippen LogP) is 0.601. The van der Waals surface area contributed by atoms with E-state index in [-0.39, 0.29) is 23.3 Å². The van der Waals surface area contributed by atoms with Gasteiger partial charge in [-0.1, -0.05) is 32.4 Å². The summed E-state index contributed by atoms with van der Waals surface area (Å²) >= 11 is 0. The van der Waals surface area contributed by atoms with Crippen molar-refractivity contribution in [3.8, 4) is 0 Å². The second kappa shape index (κ2) is 9.73. The minimum atomic E-state index is -3.55. The van der Waals surface area contributed by atoms with Gasteiger partial charge in [0.1, 0.15) is 0 Å². The highest BCUT2D eigenvalue weighted by atomic mass is 32.2. The summed E-state index contributed by atoms with van der Waals surface area (Å²) in [6, 6.07) is 5.80. The highest BCUT2D eigenvalue weighted by Gasteiger charge is 2.19. The Morgan fingerprint density at radius 2 is 1.92 bits per heavy atom. The first-order valence-electron chi connectivity index (χ1n) is 7.92. The summed E-state index contributed by atoms with van der Waals surface area (Å²) < 4.78 is 31.3. The van der Waals surface area contributed by atoms with Crippen LogP contribution in [0.2, 0.25) is 0 Å². The van der Waals surface area contributed by atoms with E-state index in [1.54, 1.807) is 12.1 Å². The number of methoxy groups -OCH3 is 1. The molecule has 1 amide bonds. The number of sulfonamides is 1. The molecular formula is C16H27N3O4S. The molecule has 0 aromatic heterocycles. The lowest BCUT2D eigenvalue weighted by molar-refractivity contribution is -0.123. The van der Waals surface area contributed by atoms with Crippen molar-refractivity contribution in [2.45, 2.75) is 37.8 Å². The first-order valence-corrected chi connectivity index (χ1v) is 9.41. The van der Waals surface area contributed by atoms with E-state index in [0.29, 0.717) is 13.2 Å². The summed E-state index contributed by atoms with van der Waals surface area (Å²) in [7, 11) is -2.04. The van der Waals surface area contributed by atoms with Crippen LogP contribution in [0.25, 0.3) is 0 Å². The van der Waals surface area contributed by atoms with Crippen molar-refractivity contribution < 1.29 is 17.9 Å². The van der Waals surface area contributed by atoms with E-state index in [0.717, 1.165) is 12.0 Å². The highest BCUT2D eigenvalue weighted by molar-refractivity contribution is 7.89. The SMILES string of the molecule is CCC(C)C(N)C(=O)NCc1ccc(S(=O)(=O)NCCOC)cc1. The molecule has 7 nitrogen and oxygen atoms in total. The van der Waals surface area contributed by atoms with Gasteiger partial charge in [-0.15, -0.1) is 0 Å². The normalized spacial score (nSPS) is 14.2. The van der Waals surface area contributed by atoms with E-state index in [2.05, 4.69) is 10.0 Å². The van der Waals surface area contributed by atoms with Crippen molar-refractivity contribution in [3.63, 3.8) is 0 Å². The Hall–Kier alpha value is -1.48. The smallest absolute Gasteiger partial charge is 0.240 e.